The van der Waals surface area contributed by atoms with E-state index in [-0.39, 0.29) is 27.4 Å². The Morgan fingerprint density at radius 1 is 1.18 bits per heavy atom. The van der Waals surface area contributed by atoms with Crippen LogP contribution in [0.15, 0.2) is 18.3 Å². The van der Waals surface area contributed by atoms with Crippen LogP contribution in [0.1, 0.15) is 5.56 Å². The van der Waals surface area contributed by atoms with E-state index in [1.54, 1.807) is 0 Å². The van der Waals surface area contributed by atoms with Crippen LogP contribution in [-0.4, -0.2) is 16.4 Å². The average molecular weight is 370 g/mol. The molecule has 22 heavy (non-hydrogen) atoms. The minimum absolute atomic E-state index is 0.0526. The Hall–Kier alpha value is -1.55. The molecule has 0 unspecified atom stereocenters. The van der Waals surface area contributed by atoms with Crippen molar-refractivity contribution in [2.45, 2.75) is 6.18 Å². The summed E-state index contributed by atoms with van der Waals surface area (Å²) in [5.41, 5.74) is -0.997. The molecule has 0 N–H and O–H groups in total. The van der Waals surface area contributed by atoms with E-state index in [4.69, 9.17) is 46.0 Å². The fourth-order valence-electron chi connectivity index (χ4n) is 1.63. The summed E-state index contributed by atoms with van der Waals surface area (Å²) in [6.45, 7) is -0.367. The first-order valence-electron chi connectivity index (χ1n) is 5.62. The summed E-state index contributed by atoms with van der Waals surface area (Å²) in [6.07, 6.45) is 0.970. The van der Waals surface area contributed by atoms with Crippen molar-refractivity contribution in [3.05, 3.63) is 39.0 Å². The molecule has 0 saturated heterocycles. The normalized spacial score (nSPS) is 11.3. The third kappa shape index (κ3) is 3.27. The quantitative estimate of drug-likeness (QED) is 0.570. The molecule has 3 nitrogen and oxygen atoms in total. The predicted molar refractivity (Wildman–Crippen MR) is 77.9 cm³/mol. The second-order valence-corrected chi connectivity index (χ2v) is 5.21. The molecule has 0 fully saturated rings. The molecule has 1 heterocycles. The van der Waals surface area contributed by atoms with Crippen LogP contribution in [0.25, 0.3) is 5.69 Å². The molecule has 1 aromatic heterocycles. The van der Waals surface area contributed by atoms with Gasteiger partial charge >= 0.3 is 6.18 Å². The van der Waals surface area contributed by atoms with E-state index in [2.05, 4.69) is 11.0 Å². The van der Waals surface area contributed by atoms with Gasteiger partial charge < -0.3 is 4.74 Å². The molecule has 0 bridgehead atoms. The number of nitrogens with zero attached hydrogens (tertiary/aromatic N) is 2. The van der Waals surface area contributed by atoms with Crippen molar-refractivity contribution in [3.8, 4) is 23.9 Å². The van der Waals surface area contributed by atoms with Crippen LogP contribution in [0.2, 0.25) is 15.1 Å². The van der Waals surface area contributed by atoms with Gasteiger partial charge in [-0.25, -0.2) is 0 Å². The third-order valence-corrected chi connectivity index (χ3v) is 3.57. The number of hydrogen-bond acceptors (Lipinski definition) is 2. The molecule has 116 valence electrons. The Morgan fingerprint density at radius 2 is 1.82 bits per heavy atom. The molecular weight excluding hydrogens is 364 g/mol. The molecule has 0 aliphatic rings. The fraction of sp³-hybridized carbons (Fsp3) is 0.154. The Morgan fingerprint density at radius 3 is 2.41 bits per heavy atom. The molecule has 2 rings (SSSR count). The lowest BCUT2D eigenvalue weighted by molar-refractivity contribution is -0.138. The highest BCUT2D eigenvalue weighted by Gasteiger charge is 2.38. The average Bonchev–Trinajstić information content (AvgIpc) is 2.84. The van der Waals surface area contributed by atoms with Crippen molar-refractivity contribution >= 4 is 34.8 Å². The van der Waals surface area contributed by atoms with Crippen molar-refractivity contribution in [2.75, 3.05) is 6.61 Å². The molecule has 0 spiro atoms. The molecule has 0 radical (unpaired) electrons. The van der Waals surface area contributed by atoms with Crippen molar-refractivity contribution in [2.24, 2.45) is 0 Å². The molecule has 0 aliphatic carbocycles. The lowest BCUT2D eigenvalue weighted by Crippen LogP contribution is -2.10. The van der Waals surface area contributed by atoms with Crippen molar-refractivity contribution in [1.29, 1.82) is 0 Å². The first-order chi connectivity index (χ1) is 10.3. The third-order valence-electron chi connectivity index (χ3n) is 2.54. The Bertz CT molecular complexity index is 750. The molecule has 9 heteroatoms. The lowest BCUT2D eigenvalue weighted by atomic mass is 10.3. The van der Waals surface area contributed by atoms with Gasteiger partial charge in [-0.2, -0.15) is 23.0 Å². The van der Waals surface area contributed by atoms with Crippen molar-refractivity contribution in [3.63, 3.8) is 0 Å². The van der Waals surface area contributed by atoms with Gasteiger partial charge in [0, 0.05) is 0 Å². The monoisotopic (exact) mass is 368 g/mol. The van der Waals surface area contributed by atoms with Crippen molar-refractivity contribution in [1.82, 2.24) is 9.78 Å². The first-order valence-corrected chi connectivity index (χ1v) is 6.75. The number of benzene rings is 1. The second-order valence-electron chi connectivity index (χ2n) is 3.98. The van der Waals surface area contributed by atoms with Gasteiger partial charge in [-0.15, -0.1) is 6.42 Å². The van der Waals surface area contributed by atoms with Crippen LogP contribution in [0.3, 0.4) is 0 Å². The highest BCUT2D eigenvalue weighted by Crippen LogP contribution is 2.39. The smallest absolute Gasteiger partial charge is 0.423 e. The predicted octanol–water partition coefficient (Wildman–Crippen LogP) is 4.86. The van der Waals surface area contributed by atoms with Gasteiger partial charge in [0.15, 0.2) is 6.61 Å². The second kappa shape index (κ2) is 6.29. The molecule has 0 aliphatic heterocycles. The summed E-state index contributed by atoms with van der Waals surface area (Å²) in [5, 5.41) is 3.97. The number of rotatable bonds is 3. The van der Waals surface area contributed by atoms with E-state index in [9.17, 15) is 13.2 Å². The number of ether oxygens (including phenoxy) is 1. The summed E-state index contributed by atoms with van der Waals surface area (Å²) < 4.78 is 44.8. The van der Waals surface area contributed by atoms with Crippen molar-refractivity contribution < 1.29 is 17.9 Å². The zero-order chi connectivity index (χ0) is 16.5. The molecular formula is C13H6Cl3F3N2O. The number of aromatic nitrogens is 2. The van der Waals surface area contributed by atoms with E-state index >= 15 is 0 Å². The van der Waals surface area contributed by atoms with Crippen LogP contribution in [0, 0.1) is 12.3 Å². The highest BCUT2D eigenvalue weighted by atomic mass is 35.5. The molecule has 0 atom stereocenters. The van der Waals surface area contributed by atoms with Gasteiger partial charge in [0.05, 0.1) is 27.0 Å². The van der Waals surface area contributed by atoms with E-state index in [1.807, 2.05) is 0 Å². The van der Waals surface area contributed by atoms with Crippen LogP contribution in [-0.2, 0) is 6.18 Å². The SMILES string of the molecule is C#CCOc1c(C(F)(F)F)cnn1-c1cc(Cl)c(Cl)cc1Cl. The van der Waals surface area contributed by atoms with Crippen LogP contribution in [0.4, 0.5) is 13.2 Å². The maximum atomic E-state index is 13.0. The molecule has 0 saturated carbocycles. The molecule has 2 aromatic rings. The van der Waals surface area contributed by atoms with Gasteiger partial charge in [0.25, 0.3) is 0 Å². The standard InChI is InChI=1S/C13H6Cl3F3N2O/c1-2-3-22-12-7(13(17,18)19)6-20-21(12)11-5-9(15)8(14)4-10(11)16/h1,4-6H,3H2. The van der Waals surface area contributed by atoms with Crippen LogP contribution in [0.5, 0.6) is 5.88 Å². The van der Waals surface area contributed by atoms with Gasteiger partial charge in [0.2, 0.25) is 5.88 Å². The van der Waals surface area contributed by atoms with Gasteiger partial charge in [0.1, 0.15) is 5.56 Å². The minimum Gasteiger partial charge on any atom is -0.464 e. The van der Waals surface area contributed by atoms with Gasteiger partial charge in [-0.05, 0) is 12.1 Å². The number of terminal acetylenes is 1. The van der Waals surface area contributed by atoms with Crippen LogP contribution >= 0.6 is 34.8 Å². The van der Waals surface area contributed by atoms with Crippen LogP contribution < -0.4 is 4.74 Å². The number of alkyl halides is 3. The summed E-state index contributed by atoms with van der Waals surface area (Å²) in [7, 11) is 0. The van der Waals surface area contributed by atoms with Gasteiger partial charge in [-0.1, -0.05) is 40.7 Å². The summed E-state index contributed by atoms with van der Waals surface area (Å²) in [6, 6.07) is 2.57. The minimum atomic E-state index is -4.66. The summed E-state index contributed by atoms with van der Waals surface area (Å²) in [4.78, 5) is 0. The van der Waals surface area contributed by atoms with E-state index < -0.39 is 17.6 Å². The van der Waals surface area contributed by atoms with E-state index in [1.165, 1.54) is 12.1 Å². The number of halogens is 6. The Balaban J connectivity index is 2.63. The maximum absolute atomic E-state index is 13.0. The zero-order valence-electron chi connectivity index (χ0n) is 10.6. The molecule has 0 amide bonds. The van der Waals surface area contributed by atoms with E-state index in [0.717, 1.165) is 4.68 Å². The zero-order valence-corrected chi connectivity index (χ0v) is 12.9. The Labute approximate surface area is 138 Å². The fourth-order valence-corrected chi connectivity index (χ4v) is 2.25. The topological polar surface area (TPSA) is 27.1 Å². The van der Waals surface area contributed by atoms with Gasteiger partial charge in [-0.3, -0.25) is 0 Å². The van der Waals surface area contributed by atoms with E-state index in [0.29, 0.717) is 6.20 Å². The number of hydrogen-bond donors (Lipinski definition) is 0. The summed E-state index contributed by atoms with van der Waals surface area (Å²) in [5.74, 6) is 1.51. The Kier molecular flexibility index (Phi) is 4.81. The first kappa shape index (κ1) is 16.8. The highest BCUT2D eigenvalue weighted by molar-refractivity contribution is 6.43. The maximum Gasteiger partial charge on any atom is 0.423 e. The lowest BCUT2D eigenvalue weighted by Gasteiger charge is -2.13. The largest absolute Gasteiger partial charge is 0.464 e. The molecule has 1 aromatic carbocycles. The summed E-state index contributed by atoms with van der Waals surface area (Å²) >= 11 is 17.6.